The van der Waals surface area contributed by atoms with E-state index in [4.69, 9.17) is 0 Å². The van der Waals surface area contributed by atoms with Crippen LogP contribution in [-0.2, 0) is 4.79 Å². The molecule has 0 fully saturated rings. The van der Waals surface area contributed by atoms with E-state index in [2.05, 4.69) is 20.7 Å². The van der Waals surface area contributed by atoms with E-state index >= 15 is 0 Å². The number of hydrogen-bond donors (Lipinski definition) is 1. The fraction of sp³-hybridized carbons (Fsp3) is 0.111. The van der Waals surface area contributed by atoms with E-state index in [-0.39, 0.29) is 5.78 Å². The number of rotatable bonds is 2. The number of ketones is 1. The second-order valence-corrected chi connectivity index (χ2v) is 5.59. The van der Waals surface area contributed by atoms with E-state index in [0.717, 1.165) is 22.4 Å². The maximum atomic E-state index is 12.3. The molecule has 2 bridgehead atoms. The highest BCUT2D eigenvalue weighted by Crippen LogP contribution is 2.24. The fourth-order valence-electron chi connectivity index (χ4n) is 2.76. The molecule has 0 aromatic heterocycles. The Morgan fingerprint density at radius 2 is 1.65 bits per heavy atom. The van der Waals surface area contributed by atoms with Crippen molar-refractivity contribution in [1.29, 1.82) is 0 Å². The highest BCUT2D eigenvalue weighted by Gasteiger charge is 2.37. The topological polar surface area (TPSA) is 66.2 Å². The zero-order valence-electron chi connectivity index (χ0n) is 12.8. The molecule has 1 aliphatic heterocycles. The SMILES string of the molecule is Cc1cccc(NN=C2C3=NN=C(C3=O)c3ccccc32)c1C. The van der Waals surface area contributed by atoms with Gasteiger partial charge in [-0.25, -0.2) is 0 Å². The van der Waals surface area contributed by atoms with Crippen LogP contribution in [-0.4, -0.2) is 22.9 Å². The number of Topliss-reactive ketones (excluding diaryl/α,β-unsaturated/α-hetero) is 1. The lowest BCUT2D eigenvalue weighted by molar-refractivity contribution is -0.107. The molecule has 112 valence electrons. The number of fused-ring (bicyclic) bond motifs is 4. The molecule has 23 heavy (non-hydrogen) atoms. The minimum Gasteiger partial charge on any atom is -0.285 e. The van der Waals surface area contributed by atoms with Gasteiger partial charge in [-0.3, -0.25) is 10.2 Å². The Bertz CT molecular complexity index is 938. The van der Waals surface area contributed by atoms with Gasteiger partial charge < -0.3 is 0 Å². The maximum Gasteiger partial charge on any atom is 0.236 e. The highest BCUT2D eigenvalue weighted by atomic mass is 16.1. The molecule has 2 aromatic carbocycles. The van der Waals surface area contributed by atoms with E-state index in [1.807, 2.05) is 56.3 Å². The van der Waals surface area contributed by atoms with Crippen LogP contribution in [0.25, 0.3) is 0 Å². The summed E-state index contributed by atoms with van der Waals surface area (Å²) in [5.74, 6) is -0.162. The second kappa shape index (κ2) is 4.98. The molecule has 0 radical (unpaired) electrons. The molecule has 0 saturated heterocycles. The van der Waals surface area contributed by atoms with Gasteiger partial charge in [0.1, 0.15) is 11.4 Å². The maximum absolute atomic E-state index is 12.3. The first kappa shape index (κ1) is 13.6. The van der Waals surface area contributed by atoms with Crippen molar-refractivity contribution in [3.05, 3.63) is 64.7 Å². The van der Waals surface area contributed by atoms with Crippen LogP contribution >= 0.6 is 0 Å². The van der Waals surface area contributed by atoms with Crippen LogP contribution in [0, 0.1) is 13.8 Å². The van der Waals surface area contributed by atoms with Crippen molar-refractivity contribution in [2.75, 3.05) is 5.43 Å². The molecule has 0 spiro atoms. The molecule has 1 N–H and O–H groups in total. The number of nitrogens with zero attached hydrogens (tertiary/aromatic N) is 3. The largest absolute Gasteiger partial charge is 0.285 e. The van der Waals surface area contributed by atoms with Gasteiger partial charge in [0, 0.05) is 11.1 Å². The molecular formula is C18H14N4O. The van der Waals surface area contributed by atoms with Gasteiger partial charge in [-0.1, -0.05) is 36.4 Å². The number of hydrazone groups is 1. The van der Waals surface area contributed by atoms with Gasteiger partial charge >= 0.3 is 0 Å². The molecule has 4 rings (SSSR count). The molecule has 1 heterocycles. The summed E-state index contributed by atoms with van der Waals surface area (Å²) in [6.07, 6.45) is 0. The van der Waals surface area contributed by atoms with E-state index < -0.39 is 0 Å². The molecule has 0 saturated carbocycles. The van der Waals surface area contributed by atoms with Crippen LogP contribution in [0.15, 0.2) is 57.8 Å². The lowest BCUT2D eigenvalue weighted by atomic mass is 9.87. The van der Waals surface area contributed by atoms with Crippen molar-refractivity contribution in [1.82, 2.24) is 0 Å². The van der Waals surface area contributed by atoms with E-state index in [9.17, 15) is 4.79 Å². The summed E-state index contributed by atoms with van der Waals surface area (Å²) in [5, 5.41) is 12.5. The number of nitrogens with one attached hydrogen (secondary N) is 1. The van der Waals surface area contributed by atoms with Crippen LogP contribution in [0.1, 0.15) is 22.3 Å². The van der Waals surface area contributed by atoms with Crippen molar-refractivity contribution >= 4 is 28.6 Å². The highest BCUT2D eigenvalue weighted by molar-refractivity contribution is 6.88. The summed E-state index contributed by atoms with van der Waals surface area (Å²) in [7, 11) is 0. The minimum absolute atomic E-state index is 0.162. The average Bonchev–Trinajstić information content (AvgIpc) is 2.85. The molecule has 0 atom stereocenters. The zero-order chi connectivity index (χ0) is 16.0. The monoisotopic (exact) mass is 302 g/mol. The van der Waals surface area contributed by atoms with Crippen LogP contribution in [0.4, 0.5) is 5.69 Å². The standard InChI is InChI=1S/C18H14N4O/c1-10-6-5-9-14(11(10)2)19-20-15-12-7-3-4-8-13(12)16-18(23)17(15)22-21-16/h3-9,19H,1-2H3. The smallest absolute Gasteiger partial charge is 0.236 e. The van der Waals surface area contributed by atoms with Crippen molar-refractivity contribution < 1.29 is 4.79 Å². The van der Waals surface area contributed by atoms with Gasteiger partial charge in [0.15, 0.2) is 5.71 Å². The Morgan fingerprint density at radius 1 is 0.913 bits per heavy atom. The summed E-state index contributed by atoms with van der Waals surface area (Å²) in [6.45, 7) is 4.08. The number of carbonyl (C=O) groups excluding carboxylic acids is 1. The first-order valence-electron chi connectivity index (χ1n) is 7.37. The minimum atomic E-state index is -0.162. The first-order chi connectivity index (χ1) is 11.2. The summed E-state index contributed by atoms with van der Waals surface area (Å²) in [4.78, 5) is 12.3. The first-order valence-corrected chi connectivity index (χ1v) is 7.37. The van der Waals surface area contributed by atoms with Crippen molar-refractivity contribution in [3.8, 4) is 0 Å². The van der Waals surface area contributed by atoms with Gasteiger partial charge in [0.05, 0.1) is 5.69 Å². The fourth-order valence-corrected chi connectivity index (χ4v) is 2.76. The third kappa shape index (κ3) is 2.01. The van der Waals surface area contributed by atoms with Crippen LogP contribution < -0.4 is 5.43 Å². The van der Waals surface area contributed by atoms with E-state index in [1.165, 1.54) is 5.56 Å². The number of carbonyl (C=O) groups is 1. The van der Waals surface area contributed by atoms with E-state index in [0.29, 0.717) is 17.1 Å². The van der Waals surface area contributed by atoms with Crippen LogP contribution in [0.5, 0.6) is 0 Å². The Balaban J connectivity index is 1.80. The summed E-state index contributed by atoms with van der Waals surface area (Å²) >= 11 is 0. The number of hydrogen-bond acceptors (Lipinski definition) is 5. The Hall–Kier alpha value is -3.08. The predicted molar refractivity (Wildman–Crippen MR) is 91.5 cm³/mol. The van der Waals surface area contributed by atoms with Crippen LogP contribution in [0.2, 0.25) is 0 Å². The summed E-state index contributed by atoms with van der Waals surface area (Å²) in [6, 6.07) is 13.6. The normalized spacial score (nSPS) is 17.0. The third-order valence-corrected chi connectivity index (χ3v) is 4.23. The van der Waals surface area contributed by atoms with E-state index in [1.54, 1.807) is 0 Å². The quantitative estimate of drug-likeness (QED) is 0.867. The lowest BCUT2D eigenvalue weighted by Gasteiger charge is -2.16. The number of anilines is 1. The second-order valence-electron chi connectivity index (χ2n) is 5.59. The number of aryl methyl sites for hydroxylation is 1. The van der Waals surface area contributed by atoms with Gasteiger partial charge in [-0.05, 0) is 31.0 Å². The van der Waals surface area contributed by atoms with Crippen molar-refractivity contribution in [2.45, 2.75) is 13.8 Å². The Labute approximate surface area is 133 Å². The van der Waals surface area contributed by atoms with Gasteiger partial charge in [0.25, 0.3) is 0 Å². The molecule has 2 aromatic rings. The van der Waals surface area contributed by atoms with Crippen molar-refractivity contribution in [3.63, 3.8) is 0 Å². The molecule has 0 amide bonds. The zero-order valence-corrected chi connectivity index (χ0v) is 12.8. The average molecular weight is 302 g/mol. The lowest BCUT2D eigenvalue weighted by Crippen LogP contribution is -2.35. The van der Waals surface area contributed by atoms with Gasteiger partial charge in [-0.15, -0.1) is 10.2 Å². The van der Waals surface area contributed by atoms with Crippen molar-refractivity contribution in [2.24, 2.45) is 15.3 Å². The molecule has 1 aliphatic carbocycles. The Morgan fingerprint density at radius 3 is 2.48 bits per heavy atom. The predicted octanol–water partition coefficient (Wildman–Crippen LogP) is 2.86. The summed E-state index contributed by atoms with van der Waals surface area (Å²) in [5.41, 5.74) is 9.19. The third-order valence-electron chi connectivity index (χ3n) is 4.23. The number of benzene rings is 2. The van der Waals surface area contributed by atoms with Gasteiger partial charge in [-0.2, -0.15) is 5.10 Å². The molecule has 5 nitrogen and oxygen atoms in total. The Kier molecular flexibility index (Phi) is 2.94. The molecule has 5 heteroatoms. The molecule has 2 aliphatic rings. The summed E-state index contributed by atoms with van der Waals surface area (Å²) < 4.78 is 0. The van der Waals surface area contributed by atoms with Crippen LogP contribution in [0.3, 0.4) is 0 Å². The van der Waals surface area contributed by atoms with Gasteiger partial charge in [0.2, 0.25) is 5.78 Å². The molecular weight excluding hydrogens is 288 g/mol. The molecule has 0 unspecified atom stereocenters.